The number of benzene rings is 2. The molecule has 1 saturated carbocycles. The highest BCUT2D eigenvalue weighted by molar-refractivity contribution is 5.84. The van der Waals surface area contributed by atoms with Crippen molar-refractivity contribution in [2.75, 3.05) is 13.1 Å². The van der Waals surface area contributed by atoms with Gasteiger partial charge in [0.1, 0.15) is 0 Å². The highest BCUT2D eigenvalue weighted by Crippen LogP contribution is 2.36. The third-order valence-electron chi connectivity index (χ3n) is 6.79. The van der Waals surface area contributed by atoms with Crippen molar-refractivity contribution >= 4 is 16.7 Å². The van der Waals surface area contributed by atoms with Crippen molar-refractivity contribution in [1.82, 2.24) is 14.8 Å². The molecule has 2 heterocycles. The van der Waals surface area contributed by atoms with Crippen LogP contribution in [0.4, 0.5) is 0 Å². The minimum Gasteiger partial charge on any atom is -0.335 e. The highest BCUT2D eigenvalue weighted by Gasteiger charge is 2.40. The second-order valence-corrected chi connectivity index (χ2v) is 8.99. The van der Waals surface area contributed by atoms with Crippen LogP contribution >= 0.6 is 0 Å². The minimum absolute atomic E-state index is 0.0163. The van der Waals surface area contributed by atoms with E-state index in [1.54, 1.807) is 17.7 Å². The number of carbonyl (C=O) groups excluding carboxylic acids is 1. The number of aryl methyl sites for hydroxylation is 1. The van der Waals surface area contributed by atoms with Gasteiger partial charge in [-0.25, -0.2) is 0 Å². The van der Waals surface area contributed by atoms with Gasteiger partial charge in [-0.3, -0.25) is 9.59 Å². The van der Waals surface area contributed by atoms with Crippen molar-refractivity contribution in [1.29, 1.82) is 0 Å². The smallest absolute Gasteiger partial charge is 0.250 e. The van der Waals surface area contributed by atoms with E-state index in [0.29, 0.717) is 19.1 Å². The van der Waals surface area contributed by atoms with Crippen LogP contribution in [0.15, 0.2) is 65.6 Å². The molecule has 2 aromatic carbocycles. The Balaban J connectivity index is 1.41. The first-order chi connectivity index (χ1) is 15.1. The molecule has 5 rings (SSSR count). The van der Waals surface area contributed by atoms with Crippen molar-refractivity contribution in [2.45, 2.75) is 37.8 Å². The Morgan fingerprint density at radius 1 is 1.06 bits per heavy atom. The summed E-state index contributed by atoms with van der Waals surface area (Å²) in [6, 6.07) is 18.9. The van der Waals surface area contributed by atoms with Crippen molar-refractivity contribution in [3.05, 3.63) is 82.3 Å². The molecular weight excluding hydrogens is 386 g/mol. The van der Waals surface area contributed by atoms with E-state index in [1.807, 2.05) is 12.3 Å². The van der Waals surface area contributed by atoms with Gasteiger partial charge < -0.3 is 14.8 Å². The number of carbonyl (C=O) groups is 1. The predicted molar refractivity (Wildman–Crippen MR) is 123 cm³/mol. The maximum Gasteiger partial charge on any atom is 0.250 e. The molecule has 1 aliphatic heterocycles. The number of pyridine rings is 1. The van der Waals surface area contributed by atoms with Gasteiger partial charge in [-0.2, -0.15) is 0 Å². The van der Waals surface area contributed by atoms with Crippen molar-refractivity contribution in [2.24, 2.45) is 13.0 Å². The van der Waals surface area contributed by atoms with E-state index < -0.39 is 0 Å². The van der Waals surface area contributed by atoms with Crippen LogP contribution < -0.4 is 10.9 Å². The number of amides is 1. The summed E-state index contributed by atoms with van der Waals surface area (Å²) in [6.45, 7) is 2.19. The average molecular weight is 416 g/mol. The molecular formula is C26H29N3O2. The zero-order valence-electron chi connectivity index (χ0n) is 18.0. The van der Waals surface area contributed by atoms with E-state index in [1.165, 1.54) is 16.3 Å². The number of piperidine rings is 1. The molecule has 0 spiro atoms. The fourth-order valence-corrected chi connectivity index (χ4v) is 4.83. The number of hydrogen-bond donors (Lipinski definition) is 1. The summed E-state index contributed by atoms with van der Waals surface area (Å²) >= 11 is 0. The highest BCUT2D eigenvalue weighted by atomic mass is 16.2. The molecule has 2 aliphatic rings. The molecule has 2 fully saturated rings. The Morgan fingerprint density at radius 3 is 2.65 bits per heavy atom. The van der Waals surface area contributed by atoms with Gasteiger partial charge in [0, 0.05) is 38.4 Å². The molecule has 1 amide bonds. The van der Waals surface area contributed by atoms with Crippen LogP contribution in [0.3, 0.4) is 0 Å². The largest absolute Gasteiger partial charge is 0.335 e. The predicted octanol–water partition coefficient (Wildman–Crippen LogP) is 3.42. The Bertz CT molecular complexity index is 1160. The first-order valence-corrected chi connectivity index (χ1v) is 11.3. The Kier molecular flexibility index (Phi) is 5.36. The number of nitrogens with one attached hydrogen (secondary N) is 1. The van der Waals surface area contributed by atoms with Crippen LogP contribution in [0.5, 0.6) is 0 Å². The Labute approximate surface area is 182 Å². The lowest BCUT2D eigenvalue weighted by atomic mass is 9.80. The minimum atomic E-state index is -0.137. The van der Waals surface area contributed by atoms with Crippen LogP contribution in [0.2, 0.25) is 0 Å². The van der Waals surface area contributed by atoms with Crippen molar-refractivity contribution < 1.29 is 4.79 Å². The Morgan fingerprint density at radius 2 is 1.87 bits per heavy atom. The lowest BCUT2D eigenvalue weighted by molar-refractivity contribution is -0.138. The third kappa shape index (κ3) is 4.15. The van der Waals surface area contributed by atoms with E-state index in [4.69, 9.17) is 0 Å². The second-order valence-electron chi connectivity index (χ2n) is 8.99. The lowest BCUT2D eigenvalue weighted by Crippen LogP contribution is -2.47. The summed E-state index contributed by atoms with van der Waals surface area (Å²) in [5, 5.41) is 5.84. The number of nitrogens with zero attached hydrogens (tertiary/aromatic N) is 2. The normalized spacial score (nSPS) is 21.2. The zero-order valence-corrected chi connectivity index (χ0v) is 18.0. The average Bonchev–Trinajstić information content (AvgIpc) is 3.64. The summed E-state index contributed by atoms with van der Waals surface area (Å²) in [5.41, 5.74) is 2.15. The summed E-state index contributed by atoms with van der Waals surface area (Å²) in [5.74, 6) is 0.163. The molecule has 0 bridgehead atoms. The quantitative estimate of drug-likeness (QED) is 0.695. The van der Waals surface area contributed by atoms with Crippen LogP contribution in [-0.2, 0) is 18.4 Å². The van der Waals surface area contributed by atoms with Crippen molar-refractivity contribution in [3.8, 4) is 0 Å². The summed E-state index contributed by atoms with van der Waals surface area (Å²) in [6.07, 6.45) is 4.85. The van der Waals surface area contributed by atoms with E-state index in [2.05, 4.69) is 52.7 Å². The topological polar surface area (TPSA) is 54.3 Å². The zero-order chi connectivity index (χ0) is 21.4. The van der Waals surface area contributed by atoms with Gasteiger partial charge in [0.2, 0.25) is 5.91 Å². The van der Waals surface area contributed by atoms with E-state index >= 15 is 0 Å². The maximum atomic E-state index is 13.8. The SMILES string of the molecule is Cn1ccc(C2CCNC[C@@H]2C(=O)N(Cc2ccc3ccccc3c2)C2CC2)cc1=O. The molecule has 5 nitrogen and oxygen atoms in total. The molecule has 1 unspecified atom stereocenters. The standard InChI is InChI=1S/C26H29N3O2/c1-28-13-11-21(15-25(28)30)23-10-12-27-16-24(23)26(31)29(22-8-9-22)17-18-6-7-19-4-2-3-5-20(19)14-18/h2-7,11,13-15,22-24,27H,8-10,12,16-17H2,1H3/t23?,24-/m0/s1. The van der Waals surface area contributed by atoms with Gasteiger partial charge in [0.15, 0.2) is 0 Å². The Hall–Kier alpha value is -2.92. The summed E-state index contributed by atoms with van der Waals surface area (Å²) in [4.78, 5) is 28.1. The van der Waals surface area contributed by atoms with E-state index in [0.717, 1.165) is 31.4 Å². The van der Waals surface area contributed by atoms with Gasteiger partial charge in [0.25, 0.3) is 5.56 Å². The van der Waals surface area contributed by atoms with Gasteiger partial charge in [0.05, 0.1) is 5.92 Å². The van der Waals surface area contributed by atoms with Crippen LogP contribution in [0, 0.1) is 5.92 Å². The fourth-order valence-electron chi connectivity index (χ4n) is 4.83. The van der Waals surface area contributed by atoms with Crippen LogP contribution in [0.1, 0.15) is 36.3 Å². The first-order valence-electron chi connectivity index (χ1n) is 11.3. The summed E-state index contributed by atoms with van der Waals surface area (Å²) in [7, 11) is 1.76. The van der Waals surface area contributed by atoms with Gasteiger partial charge in [-0.1, -0.05) is 36.4 Å². The second kappa shape index (κ2) is 8.31. The molecule has 2 atom stereocenters. The summed E-state index contributed by atoms with van der Waals surface area (Å²) < 4.78 is 1.58. The molecule has 5 heteroatoms. The number of hydrogen-bond acceptors (Lipinski definition) is 3. The number of fused-ring (bicyclic) bond motifs is 1. The number of rotatable bonds is 5. The molecule has 3 aromatic rings. The maximum absolute atomic E-state index is 13.8. The lowest BCUT2D eigenvalue weighted by Gasteiger charge is -2.35. The fraction of sp³-hybridized carbons (Fsp3) is 0.385. The van der Waals surface area contributed by atoms with Crippen LogP contribution in [0.25, 0.3) is 10.8 Å². The van der Waals surface area contributed by atoms with E-state index in [-0.39, 0.29) is 23.3 Å². The third-order valence-corrected chi connectivity index (χ3v) is 6.79. The van der Waals surface area contributed by atoms with Gasteiger partial charge in [-0.15, -0.1) is 0 Å². The van der Waals surface area contributed by atoms with Crippen LogP contribution in [-0.4, -0.2) is 34.5 Å². The monoisotopic (exact) mass is 415 g/mol. The molecule has 0 radical (unpaired) electrons. The number of aromatic nitrogens is 1. The molecule has 31 heavy (non-hydrogen) atoms. The molecule has 1 aliphatic carbocycles. The first kappa shape index (κ1) is 20.0. The van der Waals surface area contributed by atoms with Crippen molar-refractivity contribution in [3.63, 3.8) is 0 Å². The molecule has 1 aromatic heterocycles. The van der Waals surface area contributed by atoms with Gasteiger partial charge in [-0.05, 0) is 65.8 Å². The molecule has 160 valence electrons. The van der Waals surface area contributed by atoms with E-state index in [9.17, 15) is 9.59 Å². The molecule has 1 N–H and O–H groups in total. The molecule has 1 saturated heterocycles. The van der Waals surface area contributed by atoms with Gasteiger partial charge >= 0.3 is 0 Å².